The van der Waals surface area contributed by atoms with Gasteiger partial charge in [-0.3, -0.25) is 4.79 Å². The van der Waals surface area contributed by atoms with E-state index in [9.17, 15) is 17.6 Å². The third-order valence-corrected chi connectivity index (χ3v) is 3.78. The summed E-state index contributed by atoms with van der Waals surface area (Å²) in [6, 6.07) is 3.38. The molecule has 8 heteroatoms. The third-order valence-electron chi connectivity index (χ3n) is 2.29. The molecule has 0 fully saturated rings. The lowest BCUT2D eigenvalue weighted by atomic mass is 10.3. The number of sulfonamides is 1. The standard InChI is InChI=1S/C11H14FNO5S/c1-18-8-4-5-10(9(12)7-8)19(16,17)13-6-2-3-11(14)15/h4-5,7,13H,2-3,6H2,1H3,(H,14,15). The minimum atomic E-state index is -3.99. The maximum absolute atomic E-state index is 13.6. The monoisotopic (exact) mass is 291 g/mol. The molecular weight excluding hydrogens is 277 g/mol. The number of aliphatic carboxylic acids is 1. The first-order valence-corrected chi connectivity index (χ1v) is 6.90. The first-order chi connectivity index (χ1) is 8.86. The highest BCUT2D eigenvalue weighted by Crippen LogP contribution is 2.20. The molecule has 0 saturated carbocycles. The van der Waals surface area contributed by atoms with Crippen LogP contribution in [0, 0.1) is 5.82 Å². The highest BCUT2D eigenvalue weighted by Gasteiger charge is 2.19. The largest absolute Gasteiger partial charge is 0.497 e. The molecule has 106 valence electrons. The van der Waals surface area contributed by atoms with Crippen molar-refractivity contribution in [3.63, 3.8) is 0 Å². The topological polar surface area (TPSA) is 92.7 Å². The summed E-state index contributed by atoms with van der Waals surface area (Å²) in [4.78, 5) is 9.77. The first-order valence-electron chi connectivity index (χ1n) is 5.42. The number of rotatable bonds is 7. The lowest BCUT2D eigenvalue weighted by Crippen LogP contribution is -2.26. The fraction of sp³-hybridized carbons (Fsp3) is 0.364. The minimum Gasteiger partial charge on any atom is -0.497 e. The molecule has 0 aromatic heterocycles. The van der Waals surface area contributed by atoms with Crippen LogP contribution in [-0.2, 0) is 14.8 Å². The van der Waals surface area contributed by atoms with E-state index < -0.39 is 26.7 Å². The molecule has 0 atom stereocenters. The lowest BCUT2D eigenvalue weighted by molar-refractivity contribution is -0.137. The van der Waals surface area contributed by atoms with Gasteiger partial charge in [0.05, 0.1) is 7.11 Å². The number of carbonyl (C=O) groups is 1. The summed E-state index contributed by atoms with van der Waals surface area (Å²) in [6.07, 6.45) is -0.0278. The first kappa shape index (κ1) is 15.4. The van der Waals surface area contributed by atoms with E-state index in [-0.39, 0.29) is 25.1 Å². The van der Waals surface area contributed by atoms with Gasteiger partial charge in [0, 0.05) is 19.0 Å². The number of carboxylic acid groups (broad SMARTS) is 1. The number of nitrogens with one attached hydrogen (secondary N) is 1. The van der Waals surface area contributed by atoms with Crippen molar-refractivity contribution in [1.82, 2.24) is 4.72 Å². The van der Waals surface area contributed by atoms with Crippen molar-refractivity contribution in [3.05, 3.63) is 24.0 Å². The van der Waals surface area contributed by atoms with Gasteiger partial charge in [0.2, 0.25) is 10.0 Å². The maximum atomic E-state index is 13.6. The molecule has 19 heavy (non-hydrogen) atoms. The fourth-order valence-electron chi connectivity index (χ4n) is 1.35. The fourth-order valence-corrected chi connectivity index (χ4v) is 2.48. The zero-order valence-corrected chi connectivity index (χ0v) is 11.0. The Hall–Kier alpha value is -1.67. The van der Waals surface area contributed by atoms with Crippen LogP contribution in [0.2, 0.25) is 0 Å². The Labute approximate surface area is 110 Å². The second kappa shape index (κ2) is 6.48. The van der Waals surface area contributed by atoms with Crippen LogP contribution < -0.4 is 9.46 Å². The summed E-state index contributed by atoms with van der Waals surface area (Å²) < 4.78 is 44.0. The number of methoxy groups -OCH3 is 1. The van der Waals surface area contributed by atoms with Crippen molar-refractivity contribution >= 4 is 16.0 Å². The van der Waals surface area contributed by atoms with E-state index in [1.165, 1.54) is 13.2 Å². The van der Waals surface area contributed by atoms with Crippen LogP contribution in [0.3, 0.4) is 0 Å². The molecule has 0 unspecified atom stereocenters. The molecule has 6 nitrogen and oxygen atoms in total. The van der Waals surface area contributed by atoms with Gasteiger partial charge in [0.1, 0.15) is 16.5 Å². The van der Waals surface area contributed by atoms with Crippen molar-refractivity contribution in [3.8, 4) is 5.75 Å². The molecule has 0 spiro atoms. The van der Waals surface area contributed by atoms with Crippen LogP contribution in [-0.4, -0.2) is 33.1 Å². The molecule has 0 saturated heterocycles. The average Bonchev–Trinajstić information content (AvgIpc) is 2.34. The van der Waals surface area contributed by atoms with Crippen LogP contribution in [0.5, 0.6) is 5.75 Å². The third kappa shape index (κ3) is 4.49. The maximum Gasteiger partial charge on any atom is 0.303 e. The Kier molecular flexibility index (Phi) is 5.25. The van der Waals surface area contributed by atoms with Crippen LogP contribution in [0.25, 0.3) is 0 Å². The molecule has 2 N–H and O–H groups in total. The Morgan fingerprint density at radius 2 is 2.16 bits per heavy atom. The number of halogens is 1. The number of ether oxygens (including phenoxy) is 1. The molecule has 1 aromatic rings. The Bertz CT molecular complexity index is 558. The molecular formula is C11H14FNO5S. The number of benzene rings is 1. The number of hydrogen-bond acceptors (Lipinski definition) is 4. The predicted molar refractivity (Wildman–Crippen MR) is 65.0 cm³/mol. The van der Waals surface area contributed by atoms with Crippen LogP contribution in [0.15, 0.2) is 23.1 Å². The van der Waals surface area contributed by atoms with E-state index in [4.69, 9.17) is 9.84 Å². The van der Waals surface area contributed by atoms with Crippen molar-refractivity contribution < 1.29 is 27.4 Å². The summed E-state index contributed by atoms with van der Waals surface area (Å²) in [6.45, 7) is -0.0693. The van der Waals surface area contributed by atoms with Gasteiger partial charge in [-0.15, -0.1) is 0 Å². The Morgan fingerprint density at radius 1 is 1.47 bits per heavy atom. The van der Waals surface area contributed by atoms with Crippen LogP contribution >= 0.6 is 0 Å². The van der Waals surface area contributed by atoms with Crippen molar-refractivity contribution in [1.29, 1.82) is 0 Å². The van der Waals surface area contributed by atoms with Crippen molar-refractivity contribution in [2.24, 2.45) is 0 Å². The van der Waals surface area contributed by atoms with E-state index in [0.29, 0.717) is 0 Å². The minimum absolute atomic E-state index is 0.0693. The van der Waals surface area contributed by atoms with E-state index in [0.717, 1.165) is 12.1 Å². The zero-order valence-electron chi connectivity index (χ0n) is 10.2. The second-order valence-corrected chi connectivity index (χ2v) is 5.43. The number of hydrogen-bond donors (Lipinski definition) is 2. The Morgan fingerprint density at radius 3 is 2.68 bits per heavy atom. The molecule has 0 aliphatic heterocycles. The van der Waals surface area contributed by atoms with Gasteiger partial charge in [-0.05, 0) is 18.6 Å². The van der Waals surface area contributed by atoms with Crippen LogP contribution in [0.1, 0.15) is 12.8 Å². The van der Waals surface area contributed by atoms with Crippen molar-refractivity contribution in [2.45, 2.75) is 17.7 Å². The average molecular weight is 291 g/mol. The number of carboxylic acids is 1. The summed E-state index contributed by atoms with van der Waals surface area (Å²) in [5, 5.41) is 8.41. The summed E-state index contributed by atoms with van der Waals surface area (Å²) >= 11 is 0. The molecule has 0 heterocycles. The highest BCUT2D eigenvalue weighted by atomic mass is 32.2. The molecule has 1 rings (SSSR count). The summed E-state index contributed by atoms with van der Waals surface area (Å²) in [5.41, 5.74) is 0. The smallest absolute Gasteiger partial charge is 0.303 e. The van der Waals surface area contributed by atoms with Gasteiger partial charge in [0.25, 0.3) is 0 Å². The van der Waals surface area contributed by atoms with Gasteiger partial charge in [-0.25, -0.2) is 17.5 Å². The van der Waals surface area contributed by atoms with Crippen molar-refractivity contribution in [2.75, 3.05) is 13.7 Å². The van der Waals surface area contributed by atoms with Crippen LogP contribution in [0.4, 0.5) is 4.39 Å². The van der Waals surface area contributed by atoms with E-state index >= 15 is 0 Å². The normalized spacial score (nSPS) is 11.3. The summed E-state index contributed by atoms with van der Waals surface area (Å²) in [7, 11) is -2.65. The van der Waals surface area contributed by atoms with E-state index in [1.807, 2.05) is 0 Å². The predicted octanol–water partition coefficient (Wildman–Crippen LogP) is 0.977. The van der Waals surface area contributed by atoms with Gasteiger partial charge in [-0.1, -0.05) is 0 Å². The molecule has 0 radical (unpaired) electrons. The molecule has 0 bridgehead atoms. The molecule has 0 amide bonds. The van der Waals surface area contributed by atoms with E-state index in [2.05, 4.69) is 4.72 Å². The molecule has 0 aliphatic carbocycles. The second-order valence-electron chi connectivity index (χ2n) is 3.69. The molecule has 1 aromatic carbocycles. The highest BCUT2D eigenvalue weighted by molar-refractivity contribution is 7.89. The quantitative estimate of drug-likeness (QED) is 0.730. The van der Waals surface area contributed by atoms with E-state index in [1.54, 1.807) is 0 Å². The zero-order chi connectivity index (χ0) is 14.5. The van der Waals surface area contributed by atoms with Gasteiger partial charge in [0.15, 0.2) is 0 Å². The SMILES string of the molecule is COc1ccc(S(=O)(=O)NCCCC(=O)O)c(F)c1. The van der Waals surface area contributed by atoms with Gasteiger partial charge < -0.3 is 9.84 Å². The Balaban J connectivity index is 2.74. The summed E-state index contributed by atoms with van der Waals surface area (Å²) in [5.74, 6) is -1.73. The van der Waals surface area contributed by atoms with Gasteiger partial charge >= 0.3 is 5.97 Å². The molecule has 0 aliphatic rings. The van der Waals surface area contributed by atoms with Gasteiger partial charge in [-0.2, -0.15) is 0 Å². The lowest BCUT2D eigenvalue weighted by Gasteiger charge is -2.08.